The van der Waals surface area contributed by atoms with Gasteiger partial charge in [0.1, 0.15) is 0 Å². The maximum absolute atomic E-state index is 11.1. The van der Waals surface area contributed by atoms with Crippen LogP contribution in [0, 0.1) is 5.41 Å². The van der Waals surface area contributed by atoms with Crippen LogP contribution < -0.4 is 16.0 Å². The number of amides is 2. The molecule has 5 nitrogen and oxygen atoms in total. The highest BCUT2D eigenvalue weighted by Gasteiger charge is 2.20. The predicted octanol–water partition coefficient (Wildman–Crippen LogP) is 2.26. The van der Waals surface area contributed by atoms with Crippen molar-refractivity contribution in [2.45, 2.75) is 20.3 Å². The summed E-state index contributed by atoms with van der Waals surface area (Å²) in [7, 11) is 1.58. The number of urea groups is 1. The molecule has 1 atom stereocenters. The van der Waals surface area contributed by atoms with E-state index in [2.05, 4.69) is 22.9 Å². The van der Waals surface area contributed by atoms with Crippen molar-refractivity contribution < 1.29 is 9.90 Å². The fourth-order valence-electron chi connectivity index (χ4n) is 1.47. The maximum atomic E-state index is 11.1. The number of anilines is 2. The van der Waals surface area contributed by atoms with Gasteiger partial charge in [0.15, 0.2) is 0 Å². The van der Waals surface area contributed by atoms with Gasteiger partial charge in [-0.3, -0.25) is 0 Å². The first-order valence-electron chi connectivity index (χ1n) is 6.46. The number of aliphatic hydroxyl groups excluding tert-OH is 1. The highest BCUT2D eigenvalue weighted by Crippen LogP contribution is 2.21. The molecule has 0 radical (unpaired) electrons. The minimum absolute atomic E-state index is 0.112. The van der Waals surface area contributed by atoms with Crippen LogP contribution >= 0.6 is 0 Å². The summed E-state index contributed by atoms with van der Waals surface area (Å²) in [5, 5.41) is 17.8. The number of aliphatic hydroxyl groups is 1. The zero-order valence-electron chi connectivity index (χ0n) is 11.8. The molecule has 0 saturated heterocycles. The van der Waals surface area contributed by atoms with E-state index < -0.39 is 0 Å². The first kappa shape index (κ1) is 15.3. The second-order valence-electron chi connectivity index (χ2n) is 4.96. The molecule has 0 fully saturated rings. The highest BCUT2D eigenvalue weighted by atomic mass is 16.3. The van der Waals surface area contributed by atoms with Crippen molar-refractivity contribution in [1.29, 1.82) is 0 Å². The van der Waals surface area contributed by atoms with Crippen LogP contribution in [-0.2, 0) is 0 Å². The largest absolute Gasteiger partial charge is 0.396 e. The molecule has 0 bridgehead atoms. The molecule has 0 heterocycles. The summed E-state index contributed by atoms with van der Waals surface area (Å²) < 4.78 is 0. The fourth-order valence-corrected chi connectivity index (χ4v) is 1.47. The third kappa shape index (κ3) is 4.79. The Bertz CT molecular complexity index is 400. The van der Waals surface area contributed by atoms with Crippen molar-refractivity contribution in [3.05, 3.63) is 24.3 Å². The van der Waals surface area contributed by atoms with Crippen LogP contribution in [0.1, 0.15) is 20.3 Å². The van der Waals surface area contributed by atoms with Crippen LogP contribution in [0.5, 0.6) is 0 Å². The van der Waals surface area contributed by atoms with Crippen LogP contribution in [0.15, 0.2) is 24.3 Å². The summed E-state index contributed by atoms with van der Waals surface area (Å²) >= 11 is 0. The smallest absolute Gasteiger partial charge is 0.318 e. The van der Waals surface area contributed by atoms with Crippen molar-refractivity contribution in [1.82, 2.24) is 5.32 Å². The van der Waals surface area contributed by atoms with Crippen LogP contribution in [0.25, 0.3) is 0 Å². The monoisotopic (exact) mass is 265 g/mol. The number of rotatable bonds is 6. The summed E-state index contributed by atoms with van der Waals surface area (Å²) in [4.78, 5) is 11.1. The molecule has 0 aliphatic heterocycles. The standard InChI is InChI=1S/C14H23N3O2/c1-4-14(2,10-18)9-16-11-5-7-12(8-6-11)17-13(19)15-3/h5-8,16,18H,4,9-10H2,1-3H3,(H2,15,17,19). The van der Waals surface area contributed by atoms with Gasteiger partial charge in [-0.2, -0.15) is 0 Å². The van der Waals surface area contributed by atoms with Gasteiger partial charge in [-0.05, 0) is 30.7 Å². The molecule has 0 aliphatic carbocycles. The summed E-state index contributed by atoms with van der Waals surface area (Å²) in [5.74, 6) is 0. The van der Waals surface area contributed by atoms with Gasteiger partial charge >= 0.3 is 6.03 Å². The summed E-state index contributed by atoms with van der Waals surface area (Å²) in [6.45, 7) is 4.98. The maximum Gasteiger partial charge on any atom is 0.318 e. The van der Waals surface area contributed by atoms with E-state index in [0.717, 1.165) is 17.8 Å². The average molecular weight is 265 g/mol. The molecule has 4 N–H and O–H groups in total. The highest BCUT2D eigenvalue weighted by molar-refractivity contribution is 5.89. The lowest BCUT2D eigenvalue weighted by Gasteiger charge is -2.26. The van der Waals surface area contributed by atoms with E-state index in [9.17, 15) is 9.90 Å². The Morgan fingerprint density at radius 2 is 1.84 bits per heavy atom. The molecule has 1 aromatic carbocycles. The Morgan fingerprint density at radius 3 is 2.32 bits per heavy atom. The molecule has 0 spiro atoms. The van der Waals surface area contributed by atoms with Gasteiger partial charge in [0.2, 0.25) is 0 Å². The van der Waals surface area contributed by atoms with Crippen molar-refractivity contribution in [3.63, 3.8) is 0 Å². The Labute approximate surface area is 114 Å². The minimum atomic E-state index is -0.237. The average Bonchev–Trinajstić information content (AvgIpc) is 2.46. The van der Waals surface area contributed by atoms with Crippen molar-refractivity contribution in [2.24, 2.45) is 5.41 Å². The Morgan fingerprint density at radius 1 is 1.26 bits per heavy atom. The number of carbonyl (C=O) groups excluding carboxylic acids is 1. The molecule has 1 rings (SSSR count). The second kappa shape index (κ2) is 6.99. The first-order chi connectivity index (χ1) is 9.03. The number of benzene rings is 1. The fraction of sp³-hybridized carbons (Fsp3) is 0.500. The van der Waals surface area contributed by atoms with Crippen molar-refractivity contribution in [3.8, 4) is 0 Å². The first-order valence-corrected chi connectivity index (χ1v) is 6.46. The molecule has 0 aliphatic rings. The molecule has 1 aromatic rings. The lowest BCUT2D eigenvalue weighted by atomic mass is 9.88. The van der Waals surface area contributed by atoms with Crippen molar-refractivity contribution in [2.75, 3.05) is 30.8 Å². The van der Waals surface area contributed by atoms with E-state index in [4.69, 9.17) is 0 Å². The van der Waals surface area contributed by atoms with Crippen LogP contribution in [0.2, 0.25) is 0 Å². The Hall–Kier alpha value is -1.75. The van der Waals surface area contributed by atoms with Gasteiger partial charge in [-0.25, -0.2) is 4.79 Å². The second-order valence-corrected chi connectivity index (χ2v) is 4.96. The lowest BCUT2D eigenvalue weighted by molar-refractivity contribution is 0.149. The molecule has 106 valence electrons. The van der Waals surface area contributed by atoms with Gasteiger partial charge in [-0.15, -0.1) is 0 Å². The molecule has 0 saturated carbocycles. The quantitative estimate of drug-likeness (QED) is 0.637. The van der Waals surface area contributed by atoms with Crippen LogP contribution in [-0.4, -0.2) is 31.3 Å². The number of nitrogens with one attached hydrogen (secondary N) is 3. The molecule has 1 unspecified atom stereocenters. The van der Waals surface area contributed by atoms with Gasteiger partial charge in [0.25, 0.3) is 0 Å². The number of carbonyl (C=O) groups is 1. The van der Waals surface area contributed by atoms with E-state index in [0.29, 0.717) is 6.54 Å². The SMILES string of the molecule is CCC(C)(CO)CNc1ccc(NC(=O)NC)cc1. The van der Waals surface area contributed by atoms with E-state index in [1.807, 2.05) is 31.2 Å². The molecule has 2 amide bonds. The van der Waals surface area contributed by atoms with Gasteiger partial charge in [0, 0.05) is 30.4 Å². The lowest BCUT2D eigenvalue weighted by Crippen LogP contribution is -2.29. The van der Waals surface area contributed by atoms with Gasteiger partial charge in [0.05, 0.1) is 6.61 Å². The third-order valence-electron chi connectivity index (χ3n) is 3.32. The zero-order valence-corrected chi connectivity index (χ0v) is 11.8. The number of hydrogen-bond donors (Lipinski definition) is 4. The van der Waals surface area contributed by atoms with Gasteiger partial charge in [-0.1, -0.05) is 13.8 Å². The van der Waals surface area contributed by atoms with Gasteiger partial charge < -0.3 is 21.1 Å². The Balaban J connectivity index is 2.55. The van der Waals surface area contributed by atoms with E-state index in [1.54, 1.807) is 7.05 Å². The predicted molar refractivity (Wildman–Crippen MR) is 78.5 cm³/mol. The normalized spacial score (nSPS) is 13.5. The van der Waals surface area contributed by atoms with E-state index >= 15 is 0 Å². The summed E-state index contributed by atoms with van der Waals surface area (Å²) in [6.07, 6.45) is 0.910. The zero-order chi connectivity index (χ0) is 14.3. The minimum Gasteiger partial charge on any atom is -0.396 e. The van der Waals surface area contributed by atoms with Crippen LogP contribution in [0.3, 0.4) is 0 Å². The number of hydrogen-bond acceptors (Lipinski definition) is 3. The topological polar surface area (TPSA) is 73.4 Å². The molecule has 0 aromatic heterocycles. The third-order valence-corrected chi connectivity index (χ3v) is 3.32. The molecule has 19 heavy (non-hydrogen) atoms. The molecular weight excluding hydrogens is 242 g/mol. The van der Waals surface area contributed by atoms with E-state index in [1.165, 1.54) is 0 Å². The summed E-state index contributed by atoms with van der Waals surface area (Å²) in [6, 6.07) is 7.23. The summed E-state index contributed by atoms with van der Waals surface area (Å²) in [5.41, 5.74) is 1.60. The van der Waals surface area contributed by atoms with E-state index in [-0.39, 0.29) is 18.1 Å². The Kier molecular flexibility index (Phi) is 5.63. The molecule has 5 heteroatoms. The molecular formula is C14H23N3O2. The van der Waals surface area contributed by atoms with Crippen LogP contribution in [0.4, 0.5) is 16.2 Å². The van der Waals surface area contributed by atoms with Crippen molar-refractivity contribution >= 4 is 17.4 Å².